The van der Waals surface area contributed by atoms with Crippen LogP contribution in [0.15, 0.2) is 24.4 Å². The van der Waals surface area contributed by atoms with Crippen molar-refractivity contribution in [2.75, 3.05) is 0 Å². The van der Waals surface area contributed by atoms with Crippen LogP contribution in [0.5, 0.6) is 0 Å². The van der Waals surface area contributed by atoms with Crippen LogP contribution in [0.1, 0.15) is 23.2 Å². The first-order valence-corrected chi connectivity index (χ1v) is 6.29. The average Bonchev–Trinajstić information content (AvgIpc) is 2.71. The Balaban J connectivity index is 2.34. The molecule has 0 aliphatic carbocycles. The predicted molar refractivity (Wildman–Crippen MR) is 74.1 cm³/mol. The van der Waals surface area contributed by atoms with E-state index in [1.54, 1.807) is 0 Å². The molecule has 1 N–H and O–H groups in total. The molecule has 4 heteroatoms. The van der Waals surface area contributed by atoms with Crippen molar-refractivity contribution in [3.63, 3.8) is 0 Å². The largest absolute Gasteiger partial charge is 0.481 e. The highest BCUT2D eigenvalue weighted by molar-refractivity contribution is 5.67. The number of nitrogens with zero attached hydrogens (tertiary/aromatic N) is 2. The minimum atomic E-state index is -0.793. The van der Waals surface area contributed by atoms with Gasteiger partial charge < -0.3 is 9.67 Å². The number of carboxylic acid groups (broad SMARTS) is 1. The fraction of sp³-hybridized carbons (Fsp3) is 0.333. The van der Waals surface area contributed by atoms with Gasteiger partial charge in [0, 0.05) is 25.2 Å². The van der Waals surface area contributed by atoms with Gasteiger partial charge in [0.15, 0.2) is 0 Å². The Morgan fingerprint density at radius 3 is 2.79 bits per heavy atom. The fourth-order valence-corrected chi connectivity index (χ4v) is 2.11. The zero-order chi connectivity index (χ0) is 14.0. The topological polar surface area (TPSA) is 55.1 Å². The van der Waals surface area contributed by atoms with Crippen LogP contribution in [-0.4, -0.2) is 20.6 Å². The Labute approximate surface area is 112 Å². The van der Waals surface area contributed by atoms with E-state index in [0.29, 0.717) is 6.42 Å². The summed E-state index contributed by atoms with van der Waals surface area (Å²) < 4.78 is 1.96. The van der Waals surface area contributed by atoms with Gasteiger partial charge in [-0.1, -0.05) is 17.7 Å². The van der Waals surface area contributed by atoms with Crippen molar-refractivity contribution < 1.29 is 9.90 Å². The number of rotatable bonds is 4. The van der Waals surface area contributed by atoms with Gasteiger partial charge in [0.05, 0.1) is 12.1 Å². The van der Waals surface area contributed by atoms with Crippen molar-refractivity contribution in [3.8, 4) is 11.4 Å². The van der Waals surface area contributed by atoms with Gasteiger partial charge in [-0.05, 0) is 25.5 Å². The van der Waals surface area contributed by atoms with E-state index >= 15 is 0 Å². The van der Waals surface area contributed by atoms with Crippen LogP contribution >= 0.6 is 0 Å². The fourth-order valence-electron chi connectivity index (χ4n) is 2.11. The first-order chi connectivity index (χ1) is 8.97. The van der Waals surface area contributed by atoms with Gasteiger partial charge in [0.2, 0.25) is 0 Å². The van der Waals surface area contributed by atoms with Crippen LogP contribution in [-0.2, 0) is 18.3 Å². The lowest BCUT2D eigenvalue weighted by Crippen LogP contribution is -1.97. The Morgan fingerprint density at radius 2 is 2.11 bits per heavy atom. The Kier molecular flexibility index (Phi) is 3.69. The van der Waals surface area contributed by atoms with E-state index in [-0.39, 0.29) is 6.42 Å². The van der Waals surface area contributed by atoms with Crippen LogP contribution in [0.25, 0.3) is 11.4 Å². The van der Waals surface area contributed by atoms with E-state index in [9.17, 15) is 4.79 Å². The minimum absolute atomic E-state index is 0.114. The standard InChI is InChI=1S/C15H18N2O2/c1-10-4-5-11(2)13(8-10)15-16-12(9-17(15)3)6-7-14(18)19/h4-5,8-9H,6-7H2,1-3H3,(H,18,19). The number of aryl methyl sites for hydroxylation is 4. The van der Waals surface area contributed by atoms with Gasteiger partial charge in [0.25, 0.3) is 0 Å². The quantitative estimate of drug-likeness (QED) is 0.917. The van der Waals surface area contributed by atoms with Crippen molar-refractivity contribution >= 4 is 5.97 Å². The van der Waals surface area contributed by atoms with Crippen LogP contribution < -0.4 is 0 Å². The molecule has 0 saturated heterocycles. The molecule has 0 saturated carbocycles. The first-order valence-electron chi connectivity index (χ1n) is 6.29. The molecule has 0 spiro atoms. The van der Waals surface area contributed by atoms with Crippen molar-refractivity contribution in [1.29, 1.82) is 0 Å². The summed E-state index contributed by atoms with van der Waals surface area (Å²) in [5, 5.41) is 8.71. The van der Waals surface area contributed by atoms with E-state index in [4.69, 9.17) is 5.11 Å². The summed E-state index contributed by atoms with van der Waals surface area (Å²) in [5.41, 5.74) is 4.28. The third-order valence-electron chi connectivity index (χ3n) is 3.16. The Bertz CT molecular complexity index is 615. The molecule has 1 heterocycles. The number of aromatic nitrogens is 2. The Morgan fingerprint density at radius 1 is 1.37 bits per heavy atom. The molecule has 4 nitrogen and oxygen atoms in total. The molecule has 0 aliphatic heterocycles. The molecule has 0 amide bonds. The molecule has 100 valence electrons. The van der Waals surface area contributed by atoms with Gasteiger partial charge in [-0.25, -0.2) is 4.98 Å². The number of benzene rings is 1. The third-order valence-corrected chi connectivity index (χ3v) is 3.16. The maximum atomic E-state index is 10.6. The second-order valence-electron chi connectivity index (χ2n) is 4.88. The summed E-state index contributed by atoms with van der Waals surface area (Å²) >= 11 is 0. The van der Waals surface area contributed by atoms with Gasteiger partial charge in [-0.15, -0.1) is 0 Å². The number of carbonyl (C=O) groups is 1. The normalized spacial score (nSPS) is 10.7. The van der Waals surface area contributed by atoms with E-state index in [2.05, 4.69) is 37.0 Å². The van der Waals surface area contributed by atoms with E-state index in [1.807, 2.05) is 17.8 Å². The van der Waals surface area contributed by atoms with Gasteiger partial charge in [0.1, 0.15) is 5.82 Å². The zero-order valence-electron chi connectivity index (χ0n) is 11.5. The van der Waals surface area contributed by atoms with E-state index in [1.165, 1.54) is 11.1 Å². The molecule has 2 aromatic rings. The third kappa shape index (κ3) is 3.02. The van der Waals surface area contributed by atoms with Gasteiger partial charge in [-0.3, -0.25) is 4.79 Å². The molecule has 1 aromatic heterocycles. The highest BCUT2D eigenvalue weighted by atomic mass is 16.4. The summed E-state index contributed by atoms with van der Waals surface area (Å²) in [6.45, 7) is 4.11. The molecule has 0 fully saturated rings. The summed E-state index contributed by atoms with van der Waals surface area (Å²) in [6, 6.07) is 6.27. The van der Waals surface area contributed by atoms with Gasteiger partial charge in [-0.2, -0.15) is 0 Å². The number of carboxylic acids is 1. The van der Waals surface area contributed by atoms with Crippen LogP contribution in [0.3, 0.4) is 0 Å². The summed E-state index contributed by atoms with van der Waals surface area (Å²) in [4.78, 5) is 15.2. The van der Waals surface area contributed by atoms with E-state index < -0.39 is 5.97 Å². The van der Waals surface area contributed by atoms with Crippen molar-refractivity contribution in [2.24, 2.45) is 7.05 Å². The van der Waals surface area contributed by atoms with E-state index in [0.717, 1.165) is 17.1 Å². The lowest BCUT2D eigenvalue weighted by Gasteiger charge is -2.06. The Hall–Kier alpha value is -2.10. The van der Waals surface area contributed by atoms with Crippen LogP contribution in [0.4, 0.5) is 0 Å². The summed E-state index contributed by atoms with van der Waals surface area (Å²) in [6.07, 6.45) is 2.48. The number of hydrogen-bond acceptors (Lipinski definition) is 2. The van der Waals surface area contributed by atoms with Crippen LogP contribution in [0, 0.1) is 13.8 Å². The molecular formula is C15H18N2O2. The summed E-state index contributed by atoms with van der Waals surface area (Å²) in [5.74, 6) is 0.0977. The monoisotopic (exact) mass is 258 g/mol. The predicted octanol–water partition coefficient (Wildman–Crippen LogP) is 2.72. The molecule has 0 radical (unpaired) electrons. The highest BCUT2D eigenvalue weighted by Gasteiger charge is 2.11. The number of hydrogen-bond donors (Lipinski definition) is 1. The maximum Gasteiger partial charge on any atom is 0.303 e. The lowest BCUT2D eigenvalue weighted by molar-refractivity contribution is -0.136. The van der Waals surface area contributed by atoms with Crippen molar-refractivity contribution in [2.45, 2.75) is 26.7 Å². The average molecular weight is 258 g/mol. The number of imidazole rings is 1. The molecule has 2 rings (SSSR count). The molecule has 0 aliphatic rings. The molecular weight excluding hydrogens is 240 g/mol. The SMILES string of the molecule is Cc1ccc(C)c(-c2nc(CCC(=O)O)cn2C)c1. The second-order valence-corrected chi connectivity index (χ2v) is 4.88. The maximum absolute atomic E-state index is 10.6. The molecule has 19 heavy (non-hydrogen) atoms. The minimum Gasteiger partial charge on any atom is -0.481 e. The van der Waals surface area contributed by atoms with Crippen molar-refractivity contribution in [1.82, 2.24) is 9.55 Å². The van der Waals surface area contributed by atoms with Gasteiger partial charge >= 0.3 is 5.97 Å². The molecule has 1 aromatic carbocycles. The molecule has 0 unspecified atom stereocenters. The summed E-state index contributed by atoms with van der Waals surface area (Å²) in [7, 11) is 1.94. The molecule has 0 atom stereocenters. The van der Waals surface area contributed by atoms with Crippen molar-refractivity contribution in [3.05, 3.63) is 41.2 Å². The smallest absolute Gasteiger partial charge is 0.303 e. The highest BCUT2D eigenvalue weighted by Crippen LogP contribution is 2.23. The lowest BCUT2D eigenvalue weighted by atomic mass is 10.1. The zero-order valence-corrected chi connectivity index (χ0v) is 11.5. The second kappa shape index (κ2) is 5.26. The first kappa shape index (κ1) is 13.3. The van der Waals surface area contributed by atoms with Crippen LogP contribution in [0.2, 0.25) is 0 Å². The number of aliphatic carboxylic acids is 1. The molecule has 0 bridgehead atoms.